The number of thioether (sulfide) groups is 1. The second-order valence-corrected chi connectivity index (χ2v) is 7.75. The van der Waals surface area contributed by atoms with E-state index >= 15 is 0 Å². The van der Waals surface area contributed by atoms with Crippen molar-refractivity contribution in [1.29, 1.82) is 0 Å². The molecule has 0 unspecified atom stereocenters. The highest BCUT2D eigenvalue weighted by atomic mass is 32.2. The minimum absolute atomic E-state index is 0.715. The van der Waals surface area contributed by atoms with Gasteiger partial charge in [0.25, 0.3) is 0 Å². The van der Waals surface area contributed by atoms with Crippen molar-refractivity contribution in [2.75, 3.05) is 0 Å². The Kier molecular flexibility index (Phi) is 3.68. The van der Waals surface area contributed by atoms with Crippen LogP contribution in [0.15, 0.2) is 53.8 Å². The highest BCUT2D eigenvalue weighted by Gasteiger charge is 2.19. The largest absolute Gasteiger partial charge is 0.297 e. The molecule has 0 fully saturated rings. The lowest BCUT2D eigenvalue weighted by molar-refractivity contribution is 0.924. The zero-order chi connectivity index (χ0) is 17.5. The molecular formula is C17H13N7S2. The Labute approximate surface area is 156 Å². The molecule has 0 aliphatic carbocycles. The molecule has 0 N–H and O–H groups in total. The molecule has 5 rings (SSSR count). The SMILES string of the molecule is Cc1nc2ccccn2c1-c1nnc2sc(CSc3ccncc3)nn12. The third-order valence-corrected chi connectivity index (χ3v) is 6.07. The van der Waals surface area contributed by atoms with E-state index in [1.165, 1.54) is 4.90 Å². The van der Waals surface area contributed by atoms with Crippen molar-refractivity contribution in [3.05, 3.63) is 59.6 Å². The predicted octanol–water partition coefficient (Wildman–Crippen LogP) is 3.50. The number of fused-ring (bicyclic) bond motifs is 2. The molecule has 0 amide bonds. The summed E-state index contributed by atoms with van der Waals surface area (Å²) in [5, 5.41) is 14.4. The molecule has 7 nitrogen and oxygen atoms in total. The van der Waals surface area contributed by atoms with Gasteiger partial charge in [0.1, 0.15) is 16.3 Å². The molecular weight excluding hydrogens is 366 g/mol. The van der Waals surface area contributed by atoms with Gasteiger partial charge in [0.15, 0.2) is 0 Å². The summed E-state index contributed by atoms with van der Waals surface area (Å²) >= 11 is 3.29. The van der Waals surface area contributed by atoms with E-state index in [4.69, 9.17) is 5.10 Å². The third-order valence-electron chi connectivity index (χ3n) is 3.96. The number of rotatable bonds is 4. The van der Waals surface area contributed by atoms with Crippen LogP contribution in [0.3, 0.4) is 0 Å². The van der Waals surface area contributed by atoms with E-state index in [1.54, 1.807) is 35.5 Å². The van der Waals surface area contributed by atoms with Crippen molar-refractivity contribution in [3.63, 3.8) is 0 Å². The summed E-state index contributed by atoms with van der Waals surface area (Å²) in [6, 6.07) is 9.93. The fraction of sp³-hybridized carbons (Fsp3) is 0.118. The van der Waals surface area contributed by atoms with Crippen LogP contribution < -0.4 is 0 Å². The van der Waals surface area contributed by atoms with Gasteiger partial charge in [0, 0.05) is 23.5 Å². The number of hydrogen-bond donors (Lipinski definition) is 0. The van der Waals surface area contributed by atoms with Crippen LogP contribution in [-0.2, 0) is 5.75 Å². The Hall–Kier alpha value is -2.78. The zero-order valence-corrected chi connectivity index (χ0v) is 15.4. The molecule has 128 valence electrons. The molecule has 0 aromatic carbocycles. The van der Waals surface area contributed by atoms with Gasteiger partial charge in [-0.15, -0.1) is 22.0 Å². The van der Waals surface area contributed by atoms with Gasteiger partial charge in [0.05, 0.1) is 11.4 Å². The van der Waals surface area contributed by atoms with E-state index in [0.717, 1.165) is 32.8 Å². The molecule has 0 saturated heterocycles. The first-order valence-corrected chi connectivity index (χ1v) is 9.78. The number of nitrogens with zero attached hydrogens (tertiary/aromatic N) is 7. The fourth-order valence-electron chi connectivity index (χ4n) is 2.82. The highest BCUT2D eigenvalue weighted by Crippen LogP contribution is 2.28. The van der Waals surface area contributed by atoms with Gasteiger partial charge in [-0.05, 0) is 31.2 Å². The summed E-state index contributed by atoms with van der Waals surface area (Å²) in [5.41, 5.74) is 2.72. The van der Waals surface area contributed by atoms with Gasteiger partial charge in [-0.25, -0.2) is 4.98 Å². The van der Waals surface area contributed by atoms with E-state index in [2.05, 4.69) is 20.2 Å². The van der Waals surface area contributed by atoms with Crippen LogP contribution in [0, 0.1) is 6.92 Å². The van der Waals surface area contributed by atoms with Gasteiger partial charge in [-0.2, -0.15) is 9.61 Å². The quantitative estimate of drug-likeness (QED) is 0.445. The lowest BCUT2D eigenvalue weighted by Gasteiger charge is -1.99. The highest BCUT2D eigenvalue weighted by molar-refractivity contribution is 7.98. The van der Waals surface area contributed by atoms with Crippen LogP contribution >= 0.6 is 23.1 Å². The molecule has 9 heteroatoms. The molecule has 0 saturated carbocycles. The zero-order valence-electron chi connectivity index (χ0n) is 13.8. The average Bonchev–Trinajstić information content (AvgIpc) is 3.32. The Morgan fingerprint density at radius 1 is 1.12 bits per heavy atom. The van der Waals surface area contributed by atoms with E-state index in [1.807, 2.05) is 52.4 Å². The monoisotopic (exact) mass is 379 g/mol. The molecule has 0 aliphatic heterocycles. The lowest BCUT2D eigenvalue weighted by Crippen LogP contribution is -1.96. The lowest BCUT2D eigenvalue weighted by atomic mass is 10.3. The van der Waals surface area contributed by atoms with Crippen LogP contribution in [0.1, 0.15) is 10.7 Å². The standard InChI is InChI=1S/C17H13N7S2/c1-11-15(23-9-3-2-4-13(23)19-11)16-20-21-17-24(16)22-14(26-17)10-25-12-5-7-18-8-6-12/h2-9H,10H2,1H3. The number of hydrogen-bond acceptors (Lipinski definition) is 7. The summed E-state index contributed by atoms with van der Waals surface area (Å²) in [6.07, 6.45) is 5.58. The molecule has 0 radical (unpaired) electrons. The van der Waals surface area contributed by atoms with Gasteiger partial charge in [-0.3, -0.25) is 9.38 Å². The molecule has 0 spiro atoms. The minimum Gasteiger partial charge on any atom is -0.297 e. The summed E-state index contributed by atoms with van der Waals surface area (Å²) in [5.74, 6) is 1.50. The Bertz CT molecular complexity index is 1210. The van der Waals surface area contributed by atoms with Gasteiger partial charge in [0.2, 0.25) is 10.8 Å². The van der Waals surface area contributed by atoms with Crippen molar-refractivity contribution in [1.82, 2.24) is 34.2 Å². The number of aromatic nitrogens is 7. The Morgan fingerprint density at radius 3 is 2.88 bits per heavy atom. The Morgan fingerprint density at radius 2 is 2.00 bits per heavy atom. The van der Waals surface area contributed by atoms with E-state index in [9.17, 15) is 0 Å². The van der Waals surface area contributed by atoms with Crippen molar-refractivity contribution >= 4 is 33.7 Å². The maximum absolute atomic E-state index is 4.72. The summed E-state index contributed by atoms with van der Waals surface area (Å²) in [7, 11) is 0. The molecule has 0 aliphatic rings. The smallest absolute Gasteiger partial charge is 0.235 e. The van der Waals surface area contributed by atoms with Gasteiger partial charge in [-0.1, -0.05) is 17.4 Å². The normalized spacial score (nSPS) is 11.6. The topological polar surface area (TPSA) is 73.3 Å². The fourth-order valence-corrected chi connectivity index (χ4v) is 4.53. The predicted molar refractivity (Wildman–Crippen MR) is 101 cm³/mol. The maximum atomic E-state index is 4.72. The Balaban J connectivity index is 1.53. The first kappa shape index (κ1) is 15.5. The number of aryl methyl sites for hydroxylation is 1. The molecule has 5 aromatic rings. The van der Waals surface area contributed by atoms with Crippen LogP contribution in [0.5, 0.6) is 0 Å². The van der Waals surface area contributed by atoms with E-state index < -0.39 is 0 Å². The first-order chi connectivity index (χ1) is 12.8. The molecule has 0 bridgehead atoms. The van der Waals surface area contributed by atoms with E-state index in [0.29, 0.717) is 5.82 Å². The third kappa shape index (κ3) is 2.56. The number of imidazole rings is 1. The first-order valence-electron chi connectivity index (χ1n) is 7.97. The van der Waals surface area contributed by atoms with Crippen LogP contribution in [-0.4, -0.2) is 34.2 Å². The second-order valence-electron chi connectivity index (χ2n) is 5.66. The molecule has 5 heterocycles. The van der Waals surface area contributed by atoms with Crippen molar-refractivity contribution < 1.29 is 0 Å². The molecule has 5 aromatic heterocycles. The molecule has 26 heavy (non-hydrogen) atoms. The van der Waals surface area contributed by atoms with Crippen LogP contribution in [0.2, 0.25) is 0 Å². The second kappa shape index (κ2) is 6.19. The van der Waals surface area contributed by atoms with Crippen molar-refractivity contribution in [3.8, 4) is 11.5 Å². The van der Waals surface area contributed by atoms with Crippen LogP contribution in [0.4, 0.5) is 0 Å². The maximum Gasteiger partial charge on any atom is 0.235 e. The molecule has 0 atom stereocenters. The summed E-state index contributed by atoms with van der Waals surface area (Å²) in [6.45, 7) is 1.98. The summed E-state index contributed by atoms with van der Waals surface area (Å²) in [4.78, 5) is 10.6. The number of pyridine rings is 2. The average molecular weight is 379 g/mol. The minimum atomic E-state index is 0.715. The van der Waals surface area contributed by atoms with Crippen molar-refractivity contribution in [2.45, 2.75) is 17.6 Å². The van der Waals surface area contributed by atoms with E-state index in [-0.39, 0.29) is 0 Å². The van der Waals surface area contributed by atoms with Gasteiger partial charge >= 0.3 is 0 Å². The van der Waals surface area contributed by atoms with Crippen LogP contribution in [0.25, 0.3) is 22.1 Å². The summed E-state index contributed by atoms with van der Waals surface area (Å²) < 4.78 is 3.84. The van der Waals surface area contributed by atoms with Gasteiger partial charge < -0.3 is 0 Å². The van der Waals surface area contributed by atoms with Crippen molar-refractivity contribution in [2.24, 2.45) is 0 Å².